The molecule has 0 radical (unpaired) electrons. The maximum absolute atomic E-state index is 7.90. The molecule has 1 N–H and O–H groups in total. The van der Waals surface area contributed by atoms with Gasteiger partial charge in [-0.15, -0.1) is 0 Å². The van der Waals surface area contributed by atoms with Crippen molar-refractivity contribution in [1.82, 2.24) is 14.5 Å². The van der Waals surface area contributed by atoms with Crippen LogP contribution in [-0.4, -0.2) is 20.0 Å². The minimum absolute atomic E-state index is 0.555. The average Bonchev–Trinajstić information content (AvgIpc) is 3.18. The number of pyridine rings is 1. The summed E-state index contributed by atoms with van der Waals surface area (Å²) < 4.78 is 2.12. The van der Waals surface area contributed by atoms with Gasteiger partial charge in [0.2, 0.25) is 0 Å². The van der Waals surface area contributed by atoms with E-state index in [0.717, 1.165) is 38.8 Å². The molecule has 0 amide bonds. The van der Waals surface area contributed by atoms with E-state index in [1.54, 1.807) is 0 Å². The number of para-hydroxylation sites is 1. The van der Waals surface area contributed by atoms with Crippen LogP contribution >= 0.6 is 9.24 Å². The van der Waals surface area contributed by atoms with Gasteiger partial charge in [0.1, 0.15) is 11.8 Å². The van der Waals surface area contributed by atoms with Crippen LogP contribution in [0.1, 0.15) is 5.56 Å². The van der Waals surface area contributed by atoms with Gasteiger partial charge in [-0.2, -0.15) is 0 Å². The number of aromatic nitrogens is 3. The Kier molecular flexibility index (Phi) is 4.42. The standard InChI is InChI=1S/C24H19N4P/c25-23(29)13-18-8-4-5-9-22(18)28-15-27-21-14-26-20-11-10-17(12-19(20)24(21)28)16-6-2-1-3-7-16/h1-12,14-15,25H,13,29H2. The fourth-order valence-electron chi connectivity index (χ4n) is 3.79. The zero-order valence-electron chi connectivity index (χ0n) is 15.7. The Morgan fingerprint density at radius 3 is 2.48 bits per heavy atom. The molecule has 0 aliphatic carbocycles. The highest BCUT2D eigenvalue weighted by Gasteiger charge is 2.13. The lowest BCUT2D eigenvalue weighted by Gasteiger charge is -2.12. The summed E-state index contributed by atoms with van der Waals surface area (Å²) in [6, 6.07) is 24.9. The van der Waals surface area contributed by atoms with Gasteiger partial charge >= 0.3 is 0 Å². The van der Waals surface area contributed by atoms with E-state index in [1.807, 2.05) is 30.7 Å². The highest BCUT2D eigenvalue weighted by Crippen LogP contribution is 2.30. The van der Waals surface area contributed by atoms with Gasteiger partial charge < -0.3 is 5.41 Å². The second-order valence-electron chi connectivity index (χ2n) is 7.04. The molecule has 140 valence electrons. The monoisotopic (exact) mass is 394 g/mol. The molecule has 0 aliphatic rings. The SMILES string of the molecule is N=C(P)Cc1ccccc1-n1cnc2cnc3ccc(-c4ccccc4)cc3c21. The number of benzene rings is 3. The molecule has 0 aliphatic heterocycles. The van der Waals surface area contributed by atoms with Gasteiger partial charge in [0, 0.05) is 17.3 Å². The Morgan fingerprint density at radius 1 is 0.862 bits per heavy atom. The van der Waals surface area contributed by atoms with Gasteiger partial charge in [0.25, 0.3) is 0 Å². The quantitative estimate of drug-likeness (QED) is 0.317. The third kappa shape index (κ3) is 3.22. The molecule has 1 atom stereocenters. The molecule has 5 aromatic rings. The summed E-state index contributed by atoms with van der Waals surface area (Å²) in [4.78, 5) is 9.22. The number of imidazole rings is 1. The zero-order chi connectivity index (χ0) is 19.8. The zero-order valence-corrected chi connectivity index (χ0v) is 16.9. The molecule has 0 fully saturated rings. The molecule has 5 rings (SSSR count). The summed E-state index contributed by atoms with van der Waals surface area (Å²) in [5.74, 6) is 0. The summed E-state index contributed by atoms with van der Waals surface area (Å²) in [6.45, 7) is 0. The number of fused-ring (bicyclic) bond motifs is 3. The molecule has 5 heteroatoms. The number of rotatable bonds is 4. The molecule has 2 aromatic heterocycles. The van der Waals surface area contributed by atoms with Crippen molar-refractivity contribution < 1.29 is 0 Å². The van der Waals surface area contributed by atoms with E-state index < -0.39 is 0 Å². The summed E-state index contributed by atoms with van der Waals surface area (Å²) in [6.07, 6.45) is 4.27. The Labute approximate surface area is 171 Å². The van der Waals surface area contributed by atoms with Crippen molar-refractivity contribution in [2.24, 2.45) is 0 Å². The molecule has 29 heavy (non-hydrogen) atoms. The number of hydrogen-bond acceptors (Lipinski definition) is 3. The number of nitrogens with zero attached hydrogens (tertiary/aromatic N) is 3. The Balaban J connectivity index is 1.78. The maximum Gasteiger partial charge on any atom is 0.108 e. The van der Waals surface area contributed by atoms with Gasteiger partial charge in [-0.05, 0) is 34.9 Å². The average molecular weight is 394 g/mol. The van der Waals surface area contributed by atoms with Gasteiger partial charge in [0.05, 0.1) is 22.9 Å². The minimum Gasteiger partial charge on any atom is -0.305 e. The topological polar surface area (TPSA) is 54.6 Å². The van der Waals surface area contributed by atoms with Crippen LogP contribution in [-0.2, 0) is 6.42 Å². The Bertz CT molecular complexity index is 1360. The molecule has 4 nitrogen and oxygen atoms in total. The lowest BCUT2D eigenvalue weighted by molar-refractivity contribution is 1.06. The van der Waals surface area contributed by atoms with Crippen LogP contribution in [0.5, 0.6) is 0 Å². The fourth-order valence-corrected chi connectivity index (χ4v) is 4.01. The predicted octanol–water partition coefficient (Wildman–Crippen LogP) is 5.64. The molecule has 2 heterocycles. The van der Waals surface area contributed by atoms with E-state index in [2.05, 4.69) is 78.4 Å². The molecule has 0 bridgehead atoms. The van der Waals surface area contributed by atoms with E-state index in [0.29, 0.717) is 11.9 Å². The number of hydrogen-bond donors (Lipinski definition) is 1. The lowest BCUT2D eigenvalue weighted by Crippen LogP contribution is -2.01. The molecule has 1 unspecified atom stereocenters. The van der Waals surface area contributed by atoms with Crippen LogP contribution in [0.2, 0.25) is 0 Å². The normalized spacial score (nSPS) is 11.2. The molecule has 0 saturated heterocycles. The van der Waals surface area contributed by atoms with E-state index in [9.17, 15) is 0 Å². The highest BCUT2D eigenvalue weighted by atomic mass is 31.0. The summed E-state index contributed by atoms with van der Waals surface area (Å²) in [5, 5.41) is 8.97. The van der Waals surface area contributed by atoms with Crippen LogP contribution in [0.15, 0.2) is 85.3 Å². The largest absolute Gasteiger partial charge is 0.305 e. The Hall–Kier alpha value is -3.36. The van der Waals surface area contributed by atoms with Crippen molar-refractivity contribution in [1.29, 1.82) is 5.41 Å². The minimum atomic E-state index is 0.555. The first-order valence-electron chi connectivity index (χ1n) is 9.43. The molecule has 0 saturated carbocycles. The first-order valence-corrected chi connectivity index (χ1v) is 10.0. The fraction of sp³-hybridized carbons (Fsp3) is 0.0417. The molecule has 3 aromatic carbocycles. The van der Waals surface area contributed by atoms with Crippen molar-refractivity contribution in [3.05, 3.63) is 90.9 Å². The van der Waals surface area contributed by atoms with E-state index in [1.165, 1.54) is 5.56 Å². The maximum atomic E-state index is 7.90. The van der Waals surface area contributed by atoms with E-state index in [-0.39, 0.29) is 0 Å². The first-order chi connectivity index (χ1) is 14.2. The van der Waals surface area contributed by atoms with Gasteiger partial charge in [0.15, 0.2) is 0 Å². The summed E-state index contributed by atoms with van der Waals surface area (Å²) >= 11 is 0. The van der Waals surface area contributed by atoms with Crippen LogP contribution in [0.25, 0.3) is 38.8 Å². The summed E-state index contributed by atoms with van der Waals surface area (Å²) in [5.41, 5.74) is 7.86. The van der Waals surface area contributed by atoms with E-state index >= 15 is 0 Å². The van der Waals surface area contributed by atoms with Crippen LogP contribution in [0.3, 0.4) is 0 Å². The lowest BCUT2D eigenvalue weighted by atomic mass is 10.0. The van der Waals surface area contributed by atoms with Crippen LogP contribution in [0.4, 0.5) is 0 Å². The Morgan fingerprint density at radius 2 is 1.66 bits per heavy atom. The third-order valence-electron chi connectivity index (χ3n) is 5.11. The van der Waals surface area contributed by atoms with Gasteiger partial charge in [-0.25, -0.2) is 4.98 Å². The smallest absolute Gasteiger partial charge is 0.108 e. The number of nitrogens with one attached hydrogen (secondary N) is 1. The molecule has 0 spiro atoms. The van der Waals surface area contributed by atoms with Crippen molar-refractivity contribution in [2.75, 3.05) is 0 Å². The van der Waals surface area contributed by atoms with Gasteiger partial charge in [-0.1, -0.05) is 63.8 Å². The second kappa shape index (κ2) is 7.23. The van der Waals surface area contributed by atoms with Crippen LogP contribution < -0.4 is 0 Å². The predicted molar refractivity (Wildman–Crippen MR) is 123 cm³/mol. The van der Waals surface area contributed by atoms with Crippen LogP contribution in [0, 0.1) is 5.41 Å². The van der Waals surface area contributed by atoms with Crippen molar-refractivity contribution in [3.8, 4) is 16.8 Å². The van der Waals surface area contributed by atoms with Crippen molar-refractivity contribution in [2.45, 2.75) is 6.42 Å². The van der Waals surface area contributed by atoms with Crippen molar-refractivity contribution in [3.63, 3.8) is 0 Å². The van der Waals surface area contributed by atoms with E-state index in [4.69, 9.17) is 5.41 Å². The summed E-state index contributed by atoms with van der Waals surface area (Å²) in [7, 11) is 2.48. The first kappa shape index (κ1) is 17.7. The van der Waals surface area contributed by atoms with Gasteiger partial charge in [-0.3, -0.25) is 9.55 Å². The highest BCUT2D eigenvalue weighted by molar-refractivity contribution is 7.40. The third-order valence-corrected chi connectivity index (χ3v) is 5.32. The molecular weight excluding hydrogens is 375 g/mol. The molecular formula is C24H19N4P. The van der Waals surface area contributed by atoms with Crippen molar-refractivity contribution >= 4 is 36.6 Å². The second-order valence-corrected chi connectivity index (χ2v) is 7.73.